The molecule has 2 aromatic heterocycles. The van der Waals surface area contributed by atoms with Crippen molar-refractivity contribution in [1.29, 1.82) is 0 Å². The molecule has 0 atom stereocenters. The zero-order chi connectivity index (χ0) is 21.4. The molecule has 5 aromatic rings. The second kappa shape index (κ2) is 7.62. The van der Waals surface area contributed by atoms with Gasteiger partial charge < -0.3 is 4.57 Å². The second-order valence-electron chi connectivity index (χ2n) is 9.01. The van der Waals surface area contributed by atoms with Crippen LogP contribution in [0.4, 0.5) is 0 Å². The molecule has 0 bridgehead atoms. The van der Waals surface area contributed by atoms with Gasteiger partial charge in [-0.15, -0.1) is 0 Å². The Balaban J connectivity index is 1.64. The van der Waals surface area contributed by atoms with Crippen LogP contribution >= 0.6 is 0 Å². The van der Waals surface area contributed by atoms with Crippen molar-refractivity contribution in [3.05, 3.63) is 90.0 Å². The molecule has 4 nitrogen and oxygen atoms in total. The van der Waals surface area contributed by atoms with Crippen molar-refractivity contribution in [2.45, 2.75) is 39.2 Å². The summed E-state index contributed by atoms with van der Waals surface area (Å²) in [6.07, 6.45) is 0.911. The predicted molar refractivity (Wildman–Crippen MR) is 127 cm³/mol. The van der Waals surface area contributed by atoms with Gasteiger partial charge in [0.05, 0.1) is 11.0 Å². The summed E-state index contributed by atoms with van der Waals surface area (Å²) in [6, 6.07) is 27.3. The van der Waals surface area contributed by atoms with Crippen LogP contribution in [0, 0.1) is 0 Å². The number of rotatable bonds is 4. The van der Waals surface area contributed by atoms with Gasteiger partial charge in [0.2, 0.25) is 0 Å². The summed E-state index contributed by atoms with van der Waals surface area (Å²) in [7, 11) is 0. The summed E-state index contributed by atoms with van der Waals surface area (Å²) >= 11 is 0. The van der Waals surface area contributed by atoms with Gasteiger partial charge in [-0.25, -0.2) is 15.0 Å². The maximum absolute atomic E-state index is 4.93. The Hall–Kier alpha value is -3.53. The van der Waals surface area contributed by atoms with Crippen molar-refractivity contribution >= 4 is 22.3 Å². The zero-order valence-corrected chi connectivity index (χ0v) is 18.2. The molecule has 2 heterocycles. The van der Waals surface area contributed by atoms with E-state index in [1.807, 2.05) is 24.3 Å². The molecule has 154 valence electrons. The molecule has 0 fully saturated rings. The largest absolute Gasteiger partial charge is 0.307 e. The standard InChI is InChI=1S/C27H26N4/c1-27(2,3)21-15-13-20(14-16-21)25-30-24-26(29-23-12-8-7-11-22(23)28-24)31(25)18-17-19-9-5-4-6-10-19/h4-16H,17-18H2,1-3H3. The van der Waals surface area contributed by atoms with Crippen LogP contribution in [0.2, 0.25) is 0 Å². The normalized spacial score (nSPS) is 12.0. The molecule has 5 rings (SSSR count). The molecule has 0 amide bonds. The van der Waals surface area contributed by atoms with Gasteiger partial charge in [-0.05, 0) is 35.1 Å². The number of aryl methyl sites for hydroxylation is 2. The van der Waals surface area contributed by atoms with Crippen LogP contribution in [0.25, 0.3) is 33.7 Å². The van der Waals surface area contributed by atoms with E-state index < -0.39 is 0 Å². The Bertz CT molecular complexity index is 1340. The first kappa shape index (κ1) is 19.4. The lowest BCUT2D eigenvalue weighted by molar-refractivity contribution is 0.590. The summed E-state index contributed by atoms with van der Waals surface area (Å²) in [5, 5.41) is 0. The molecule has 0 aliphatic rings. The predicted octanol–water partition coefficient (Wildman–Crippen LogP) is 6.19. The van der Waals surface area contributed by atoms with E-state index in [2.05, 4.69) is 79.9 Å². The molecule has 0 aliphatic heterocycles. The first-order valence-corrected chi connectivity index (χ1v) is 10.8. The number of fused-ring (bicyclic) bond motifs is 2. The van der Waals surface area contributed by atoms with Gasteiger partial charge >= 0.3 is 0 Å². The SMILES string of the molecule is CC(C)(C)c1ccc(-c2nc3nc4ccccc4nc3n2CCc2ccccc2)cc1. The maximum atomic E-state index is 4.93. The van der Waals surface area contributed by atoms with Crippen LogP contribution in [0.15, 0.2) is 78.9 Å². The van der Waals surface area contributed by atoms with Crippen LogP contribution in [0.1, 0.15) is 31.9 Å². The van der Waals surface area contributed by atoms with E-state index in [1.54, 1.807) is 0 Å². The third-order valence-corrected chi connectivity index (χ3v) is 5.73. The molecule has 4 heteroatoms. The van der Waals surface area contributed by atoms with Crippen molar-refractivity contribution < 1.29 is 0 Å². The van der Waals surface area contributed by atoms with Crippen LogP contribution in [0.3, 0.4) is 0 Å². The number of imidazole rings is 1. The van der Waals surface area contributed by atoms with E-state index in [9.17, 15) is 0 Å². The number of benzene rings is 3. The number of aromatic nitrogens is 4. The number of nitrogens with zero attached hydrogens (tertiary/aromatic N) is 4. The Morgan fingerprint density at radius 1 is 0.710 bits per heavy atom. The van der Waals surface area contributed by atoms with Gasteiger partial charge in [0, 0.05) is 12.1 Å². The van der Waals surface area contributed by atoms with Crippen LogP contribution in [-0.2, 0) is 18.4 Å². The van der Waals surface area contributed by atoms with E-state index in [0.29, 0.717) is 5.65 Å². The maximum Gasteiger partial charge on any atom is 0.198 e. The minimum Gasteiger partial charge on any atom is -0.307 e. The first-order valence-electron chi connectivity index (χ1n) is 10.8. The fourth-order valence-electron chi connectivity index (χ4n) is 3.94. The number of para-hydroxylation sites is 2. The monoisotopic (exact) mass is 406 g/mol. The van der Waals surface area contributed by atoms with E-state index in [-0.39, 0.29) is 5.41 Å². The Kier molecular flexibility index (Phi) is 4.78. The lowest BCUT2D eigenvalue weighted by Gasteiger charge is -2.19. The van der Waals surface area contributed by atoms with Crippen molar-refractivity contribution in [2.24, 2.45) is 0 Å². The smallest absolute Gasteiger partial charge is 0.198 e. The van der Waals surface area contributed by atoms with Crippen LogP contribution in [0.5, 0.6) is 0 Å². The fraction of sp³-hybridized carbons (Fsp3) is 0.222. The van der Waals surface area contributed by atoms with Gasteiger partial charge in [0.25, 0.3) is 0 Å². The highest BCUT2D eigenvalue weighted by molar-refractivity contribution is 5.84. The summed E-state index contributed by atoms with van der Waals surface area (Å²) < 4.78 is 2.22. The van der Waals surface area contributed by atoms with Gasteiger partial charge in [-0.2, -0.15) is 0 Å². The number of hydrogen-bond donors (Lipinski definition) is 0. The molecule has 0 saturated carbocycles. The van der Waals surface area contributed by atoms with Gasteiger partial charge in [0.15, 0.2) is 11.3 Å². The lowest BCUT2D eigenvalue weighted by atomic mass is 9.87. The summed E-state index contributed by atoms with van der Waals surface area (Å²) in [5.74, 6) is 0.918. The zero-order valence-electron chi connectivity index (χ0n) is 18.2. The van der Waals surface area contributed by atoms with E-state index in [0.717, 1.165) is 41.0 Å². The molecule has 0 N–H and O–H groups in total. The summed E-state index contributed by atoms with van der Waals surface area (Å²) in [4.78, 5) is 14.7. The third-order valence-electron chi connectivity index (χ3n) is 5.73. The van der Waals surface area contributed by atoms with Crippen molar-refractivity contribution in [1.82, 2.24) is 19.5 Å². The van der Waals surface area contributed by atoms with Crippen LogP contribution < -0.4 is 0 Å². The highest BCUT2D eigenvalue weighted by atomic mass is 15.2. The first-order chi connectivity index (χ1) is 15.0. The fourth-order valence-corrected chi connectivity index (χ4v) is 3.94. The second-order valence-corrected chi connectivity index (χ2v) is 9.01. The molecular weight excluding hydrogens is 380 g/mol. The Morgan fingerprint density at radius 2 is 1.35 bits per heavy atom. The van der Waals surface area contributed by atoms with Crippen molar-refractivity contribution in [3.8, 4) is 11.4 Å². The van der Waals surface area contributed by atoms with Gasteiger partial charge in [-0.3, -0.25) is 0 Å². The highest BCUT2D eigenvalue weighted by Gasteiger charge is 2.18. The lowest BCUT2D eigenvalue weighted by Crippen LogP contribution is -2.10. The minimum absolute atomic E-state index is 0.118. The molecule has 0 saturated heterocycles. The average Bonchev–Trinajstić information content (AvgIpc) is 3.13. The van der Waals surface area contributed by atoms with Crippen LogP contribution in [-0.4, -0.2) is 19.5 Å². The average molecular weight is 407 g/mol. The third kappa shape index (κ3) is 3.81. The number of hydrogen-bond acceptors (Lipinski definition) is 3. The molecular formula is C27H26N4. The molecule has 0 aliphatic carbocycles. The van der Waals surface area contributed by atoms with Crippen molar-refractivity contribution in [2.75, 3.05) is 0 Å². The molecule has 0 unspecified atom stereocenters. The molecule has 0 spiro atoms. The molecule has 31 heavy (non-hydrogen) atoms. The minimum atomic E-state index is 0.118. The van der Waals surface area contributed by atoms with Gasteiger partial charge in [0.1, 0.15) is 5.82 Å². The Labute approximate surface area is 182 Å². The molecule has 3 aromatic carbocycles. The highest BCUT2D eigenvalue weighted by Crippen LogP contribution is 2.28. The van der Waals surface area contributed by atoms with E-state index in [1.165, 1.54) is 11.1 Å². The van der Waals surface area contributed by atoms with Gasteiger partial charge in [-0.1, -0.05) is 87.5 Å². The van der Waals surface area contributed by atoms with E-state index in [4.69, 9.17) is 15.0 Å². The summed E-state index contributed by atoms with van der Waals surface area (Å²) in [5.41, 5.74) is 7.11. The van der Waals surface area contributed by atoms with E-state index >= 15 is 0 Å². The Morgan fingerprint density at radius 3 is 2.03 bits per heavy atom. The van der Waals surface area contributed by atoms with Crippen molar-refractivity contribution in [3.63, 3.8) is 0 Å². The molecule has 0 radical (unpaired) electrons. The summed E-state index contributed by atoms with van der Waals surface area (Å²) in [6.45, 7) is 7.49. The topological polar surface area (TPSA) is 43.6 Å². The quantitative estimate of drug-likeness (QED) is 0.358.